The van der Waals surface area contributed by atoms with E-state index in [-0.39, 0.29) is 5.91 Å². The SMILES string of the molecule is CCOc1cc(NC(=O)C(C)(C)C(C)(C)N)ccc1OC. The van der Waals surface area contributed by atoms with Gasteiger partial charge in [0, 0.05) is 17.3 Å². The second-order valence-electron chi connectivity index (χ2n) is 6.10. The van der Waals surface area contributed by atoms with Crippen LogP contribution in [0.3, 0.4) is 0 Å². The first kappa shape index (κ1) is 17.3. The number of hydrogen-bond donors (Lipinski definition) is 2. The molecule has 0 fully saturated rings. The number of amides is 1. The maximum absolute atomic E-state index is 12.4. The molecule has 1 rings (SSSR count). The van der Waals surface area contributed by atoms with Gasteiger partial charge in [-0.05, 0) is 46.8 Å². The minimum atomic E-state index is -0.710. The van der Waals surface area contributed by atoms with Crippen molar-refractivity contribution in [1.29, 1.82) is 0 Å². The molecule has 1 aromatic rings. The van der Waals surface area contributed by atoms with E-state index in [0.29, 0.717) is 23.8 Å². The predicted molar refractivity (Wildman–Crippen MR) is 84.8 cm³/mol. The smallest absolute Gasteiger partial charge is 0.231 e. The quantitative estimate of drug-likeness (QED) is 0.846. The molecule has 0 saturated carbocycles. The maximum Gasteiger partial charge on any atom is 0.231 e. The molecule has 118 valence electrons. The Hall–Kier alpha value is -1.75. The highest BCUT2D eigenvalue weighted by molar-refractivity contribution is 5.96. The summed E-state index contributed by atoms with van der Waals surface area (Å²) in [6.07, 6.45) is 0. The van der Waals surface area contributed by atoms with Gasteiger partial charge in [-0.25, -0.2) is 0 Å². The van der Waals surface area contributed by atoms with E-state index in [2.05, 4.69) is 5.32 Å². The van der Waals surface area contributed by atoms with Gasteiger partial charge in [0.1, 0.15) is 0 Å². The van der Waals surface area contributed by atoms with Crippen LogP contribution in [0.4, 0.5) is 5.69 Å². The molecule has 0 atom stereocenters. The van der Waals surface area contributed by atoms with E-state index in [1.807, 2.05) is 34.6 Å². The lowest BCUT2D eigenvalue weighted by Crippen LogP contribution is -2.53. The molecule has 0 aromatic heterocycles. The Bertz CT molecular complexity index is 505. The number of ether oxygens (including phenoxy) is 2. The van der Waals surface area contributed by atoms with Crippen molar-refractivity contribution in [2.24, 2.45) is 11.1 Å². The molecule has 5 nitrogen and oxygen atoms in total. The Morgan fingerprint density at radius 3 is 2.33 bits per heavy atom. The molecule has 0 aliphatic heterocycles. The van der Waals surface area contributed by atoms with Gasteiger partial charge in [-0.15, -0.1) is 0 Å². The zero-order chi connectivity index (χ0) is 16.3. The van der Waals surface area contributed by atoms with Crippen LogP contribution in [0.15, 0.2) is 18.2 Å². The van der Waals surface area contributed by atoms with Gasteiger partial charge < -0.3 is 20.5 Å². The lowest BCUT2D eigenvalue weighted by atomic mass is 9.74. The van der Waals surface area contributed by atoms with Crippen LogP contribution in [0.2, 0.25) is 0 Å². The number of anilines is 1. The Labute approximate surface area is 126 Å². The van der Waals surface area contributed by atoms with Crippen molar-refractivity contribution < 1.29 is 14.3 Å². The Balaban J connectivity index is 2.98. The second-order valence-corrected chi connectivity index (χ2v) is 6.10. The summed E-state index contributed by atoms with van der Waals surface area (Å²) in [5.74, 6) is 1.10. The van der Waals surface area contributed by atoms with Crippen molar-refractivity contribution in [1.82, 2.24) is 0 Å². The van der Waals surface area contributed by atoms with E-state index in [1.54, 1.807) is 25.3 Å². The van der Waals surface area contributed by atoms with Crippen LogP contribution in [-0.4, -0.2) is 25.2 Å². The molecule has 5 heteroatoms. The molecule has 0 aliphatic rings. The van der Waals surface area contributed by atoms with Crippen molar-refractivity contribution >= 4 is 11.6 Å². The number of nitrogens with two attached hydrogens (primary N) is 1. The van der Waals surface area contributed by atoms with E-state index in [0.717, 1.165) is 0 Å². The molecule has 1 amide bonds. The number of benzene rings is 1. The first-order valence-electron chi connectivity index (χ1n) is 7.04. The van der Waals surface area contributed by atoms with E-state index in [9.17, 15) is 4.79 Å². The lowest BCUT2D eigenvalue weighted by molar-refractivity contribution is -0.126. The van der Waals surface area contributed by atoms with Crippen LogP contribution < -0.4 is 20.5 Å². The van der Waals surface area contributed by atoms with Crippen LogP contribution in [0, 0.1) is 5.41 Å². The molecule has 0 saturated heterocycles. The highest BCUT2D eigenvalue weighted by Crippen LogP contribution is 2.33. The molecule has 0 radical (unpaired) electrons. The lowest BCUT2D eigenvalue weighted by Gasteiger charge is -2.36. The van der Waals surface area contributed by atoms with Crippen LogP contribution >= 0.6 is 0 Å². The number of carbonyl (C=O) groups excluding carboxylic acids is 1. The third-order valence-electron chi connectivity index (χ3n) is 3.90. The van der Waals surface area contributed by atoms with Crippen molar-refractivity contribution in [2.75, 3.05) is 19.0 Å². The highest BCUT2D eigenvalue weighted by atomic mass is 16.5. The number of rotatable bonds is 6. The summed E-state index contributed by atoms with van der Waals surface area (Å²) in [4.78, 5) is 12.4. The van der Waals surface area contributed by atoms with Crippen molar-refractivity contribution in [3.63, 3.8) is 0 Å². The normalized spacial score (nSPS) is 12.0. The molecule has 0 aliphatic carbocycles. The number of nitrogens with one attached hydrogen (secondary N) is 1. The van der Waals surface area contributed by atoms with E-state index in [4.69, 9.17) is 15.2 Å². The van der Waals surface area contributed by atoms with Gasteiger partial charge in [0.2, 0.25) is 5.91 Å². The molecular formula is C16H26N2O3. The van der Waals surface area contributed by atoms with Crippen LogP contribution in [0.1, 0.15) is 34.6 Å². The number of hydrogen-bond acceptors (Lipinski definition) is 4. The zero-order valence-corrected chi connectivity index (χ0v) is 13.7. The van der Waals surface area contributed by atoms with Gasteiger partial charge in [0.05, 0.1) is 19.1 Å². The summed E-state index contributed by atoms with van der Waals surface area (Å²) in [5.41, 5.74) is 5.40. The Morgan fingerprint density at radius 2 is 1.86 bits per heavy atom. The van der Waals surface area contributed by atoms with Crippen LogP contribution in [0.5, 0.6) is 11.5 Å². The molecule has 0 unspecified atom stereocenters. The molecule has 0 bridgehead atoms. The van der Waals surface area contributed by atoms with Crippen molar-refractivity contribution in [2.45, 2.75) is 40.2 Å². The minimum absolute atomic E-state index is 0.136. The summed E-state index contributed by atoms with van der Waals surface area (Å²) >= 11 is 0. The average molecular weight is 294 g/mol. The van der Waals surface area contributed by atoms with E-state index < -0.39 is 11.0 Å². The summed E-state index contributed by atoms with van der Waals surface area (Å²) < 4.78 is 10.7. The van der Waals surface area contributed by atoms with E-state index >= 15 is 0 Å². The molecule has 0 spiro atoms. The van der Waals surface area contributed by atoms with Gasteiger partial charge in [-0.2, -0.15) is 0 Å². The summed E-state index contributed by atoms with van der Waals surface area (Å²) in [7, 11) is 1.58. The number of carbonyl (C=O) groups is 1. The molecule has 0 heterocycles. The number of methoxy groups -OCH3 is 1. The van der Waals surface area contributed by atoms with Gasteiger partial charge >= 0.3 is 0 Å². The molecule has 21 heavy (non-hydrogen) atoms. The molecule has 1 aromatic carbocycles. The molecule has 3 N–H and O–H groups in total. The predicted octanol–water partition coefficient (Wildman–Crippen LogP) is 2.80. The summed E-state index contributed by atoms with van der Waals surface area (Å²) in [5, 5.41) is 2.88. The standard InChI is InChI=1S/C16H26N2O3/c1-7-21-13-10-11(8-9-12(13)20-6)18-14(19)15(2,3)16(4,5)17/h8-10H,7,17H2,1-6H3,(H,18,19). The first-order valence-corrected chi connectivity index (χ1v) is 7.04. The van der Waals surface area contributed by atoms with Gasteiger partial charge in [0.25, 0.3) is 0 Å². The summed E-state index contributed by atoms with van der Waals surface area (Å²) in [6, 6.07) is 5.29. The fourth-order valence-corrected chi connectivity index (χ4v) is 1.60. The first-order chi connectivity index (χ1) is 9.63. The largest absolute Gasteiger partial charge is 0.493 e. The average Bonchev–Trinajstić information content (AvgIpc) is 2.38. The Kier molecular flexibility index (Phi) is 5.23. The third kappa shape index (κ3) is 3.88. The van der Waals surface area contributed by atoms with Crippen LogP contribution in [0.25, 0.3) is 0 Å². The third-order valence-corrected chi connectivity index (χ3v) is 3.90. The van der Waals surface area contributed by atoms with E-state index in [1.165, 1.54) is 0 Å². The van der Waals surface area contributed by atoms with Crippen molar-refractivity contribution in [3.05, 3.63) is 18.2 Å². The van der Waals surface area contributed by atoms with Gasteiger partial charge in [-0.1, -0.05) is 0 Å². The monoisotopic (exact) mass is 294 g/mol. The highest BCUT2D eigenvalue weighted by Gasteiger charge is 2.40. The fraction of sp³-hybridized carbons (Fsp3) is 0.562. The van der Waals surface area contributed by atoms with Crippen molar-refractivity contribution in [3.8, 4) is 11.5 Å². The van der Waals surface area contributed by atoms with Gasteiger partial charge in [0.15, 0.2) is 11.5 Å². The van der Waals surface area contributed by atoms with Crippen LogP contribution in [-0.2, 0) is 4.79 Å². The Morgan fingerprint density at radius 1 is 1.24 bits per heavy atom. The minimum Gasteiger partial charge on any atom is -0.493 e. The molecular weight excluding hydrogens is 268 g/mol. The van der Waals surface area contributed by atoms with Gasteiger partial charge in [-0.3, -0.25) is 4.79 Å². The topological polar surface area (TPSA) is 73.6 Å². The second kappa shape index (κ2) is 6.35. The zero-order valence-electron chi connectivity index (χ0n) is 13.7. The fourth-order valence-electron chi connectivity index (χ4n) is 1.60. The summed E-state index contributed by atoms with van der Waals surface area (Å²) in [6.45, 7) is 9.75. The maximum atomic E-state index is 12.4.